The van der Waals surface area contributed by atoms with Crippen LogP contribution in [0.4, 0.5) is 0 Å². The van der Waals surface area contributed by atoms with Crippen molar-refractivity contribution >= 4 is 17.3 Å². The van der Waals surface area contributed by atoms with Crippen LogP contribution in [0.3, 0.4) is 0 Å². The molecule has 0 spiro atoms. The SMILES string of the molecule is CC(NCc1ccsc1C(=O)O)C1CCCC1. The predicted molar refractivity (Wildman–Crippen MR) is 69.5 cm³/mol. The molecule has 0 aliphatic heterocycles. The first kappa shape index (κ1) is 12.6. The Hall–Kier alpha value is -0.870. The van der Waals surface area contributed by atoms with Gasteiger partial charge in [0.2, 0.25) is 0 Å². The maximum atomic E-state index is 11.0. The van der Waals surface area contributed by atoms with Gasteiger partial charge in [-0.25, -0.2) is 4.79 Å². The molecule has 2 rings (SSSR count). The first-order chi connectivity index (χ1) is 8.18. The molecule has 1 atom stereocenters. The van der Waals surface area contributed by atoms with E-state index in [0.717, 1.165) is 11.5 Å². The Labute approximate surface area is 106 Å². The van der Waals surface area contributed by atoms with E-state index in [1.54, 1.807) is 0 Å². The van der Waals surface area contributed by atoms with Crippen molar-refractivity contribution in [2.75, 3.05) is 0 Å². The summed E-state index contributed by atoms with van der Waals surface area (Å²) in [5.41, 5.74) is 0.910. The van der Waals surface area contributed by atoms with E-state index in [1.165, 1.54) is 37.0 Å². The van der Waals surface area contributed by atoms with Crippen LogP contribution in [-0.2, 0) is 6.54 Å². The second-order valence-electron chi connectivity index (χ2n) is 4.79. The van der Waals surface area contributed by atoms with Gasteiger partial charge in [0, 0.05) is 12.6 Å². The number of hydrogen-bond donors (Lipinski definition) is 2. The molecule has 1 fully saturated rings. The molecule has 0 amide bonds. The van der Waals surface area contributed by atoms with Crippen LogP contribution in [0.25, 0.3) is 0 Å². The number of carboxylic acid groups (broad SMARTS) is 1. The van der Waals surface area contributed by atoms with E-state index in [1.807, 2.05) is 11.4 Å². The van der Waals surface area contributed by atoms with Gasteiger partial charge in [-0.05, 0) is 42.7 Å². The molecule has 2 N–H and O–H groups in total. The van der Waals surface area contributed by atoms with Gasteiger partial charge in [-0.3, -0.25) is 0 Å². The smallest absolute Gasteiger partial charge is 0.346 e. The third kappa shape index (κ3) is 3.07. The number of nitrogens with one attached hydrogen (secondary N) is 1. The lowest BCUT2D eigenvalue weighted by Crippen LogP contribution is -2.32. The molecule has 1 aliphatic carbocycles. The summed E-state index contributed by atoms with van der Waals surface area (Å²) in [7, 11) is 0. The zero-order valence-corrected chi connectivity index (χ0v) is 10.9. The van der Waals surface area contributed by atoms with Crippen molar-refractivity contribution in [1.29, 1.82) is 0 Å². The molecule has 0 radical (unpaired) electrons. The second kappa shape index (κ2) is 5.65. The summed E-state index contributed by atoms with van der Waals surface area (Å²) in [6, 6.07) is 2.39. The van der Waals surface area contributed by atoms with E-state index >= 15 is 0 Å². The number of rotatable bonds is 5. The lowest BCUT2D eigenvalue weighted by atomic mass is 9.99. The van der Waals surface area contributed by atoms with Gasteiger partial charge in [0.25, 0.3) is 0 Å². The summed E-state index contributed by atoms with van der Waals surface area (Å²) in [5, 5.41) is 14.3. The van der Waals surface area contributed by atoms with Crippen LogP contribution in [0.15, 0.2) is 11.4 Å². The number of thiophene rings is 1. The maximum Gasteiger partial charge on any atom is 0.346 e. The largest absolute Gasteiger partial charge is 0.477 e. The quantitative estimate of drug-likeness (QED) is 0.847. The van der Waals surface area contributed by atoms with Crippen molar-refractivity contribution in [3.8, 4) is 0 Å². The summed E-state index contributed by atoms with van der Waals surface area (Å²) in [4.78, 5) is 11.4. The molecule has 4 heteroatoms. The molecule has 1 aromatic rings. The Morgan fingerprint density at radius 3 is 2.94 bits per heavy atom. The standard InChI is InChI=1S/C13H19NO2S/c1-9(10-4-2-3-5-10)14-8-11-6-7-17-12(11)13(15)16/h6-7,9-10,14H,2-5,8H2,1H3,(H,15,16). The zero-order chi connectivity index (χ0) is 12.3. The molecular formula is C13H19NO2S. The van der Waals surface area contributed by atoms with Crippen molar-refractivity contribution < 1.29 is 9.90 Å². The summed E-state index contributed by atoms with van der Waals surface area (Å²) in [6.45, 7) is 2.88. The van der Waals surface area contributed by atoms with Crippen LogP contribution in [0.5, 0.6) is 0 Å². The van der Waals surface area contributed by atoms with E-state index in [0.29, 0.717) is 17.5 Å². The Balaban J connectivity index is 1.88. The average Bonchev–Trinajstić information content (AvgIpc) is 2.96. The molecular weight excluding hydrogens is 234 g/mol. The van der Waals surface area contributed by atoms with Crippen LogP contribution in [0, 0.1) is 5.92 Å². The minimum absolute atomic E-state index is 0.469. The van der Waals surface area contributed by atoms with E-state index in [2.05, 4.69) is 12.2 Å². The minimum Gasteiger partial charge on any atom is -0.477 e. The molecule has 1 saturated carbocycles. The Morgan fingerprint density at radius 1 is 1.59 bits per heavy atom. The number of hydrogen-bond acceptors (Lipinski definition) is 3. The van der Waals surface area contributed by atoms with Crippen LogP contribution < -0.4 is 5.32 Å². The first-order valence-electron chi connectivity index (χ1n) is 6.21. The van der Waals surface area contributed by atoms with Crippen LogP contribution >= 0.6 is 11.3 Å². The third-order valence-electron chi connectivity index (χ3n) is 3.66. The fourth-order valence-electron chi connectivity index (χ4n) is 2.56. The molecule has 3 nitrogen and oxygen atoms in total. The van der Waals surface area contributed by atoms with Crippen molar-refractivity contribution in [2.24, 2.45) is 5.92 Å². The highest BCUT2D eigenvalue weighted by molar-refractivity contribution is 7.12. The highest BCUT2D eigenvalue weighted by atomic mass is 32.1. The number of carboxylic acids is 1. The molecule has 1 aromatic heterocycles. The highest BCUT2D eigenvalue weighted by Crippen LogP contribution is 2.27. The lowest BCUT2D eigenvalue weighted by Gasteiger charge is -2.20. The van der Waals surface area contributed by atoms with E-state index in [-0.39, 0.29) is 0 Å². The van der Waals surface area contributed by atoms with Crippen LogP contribution in [-0.4, -0.2) is 17.1 Å². The van der Waals surface area contributed by atoms with Gasteiger partial charge in [0.1, 0.15) is 4.88 Å². The number of carbonyl (C=O) groups is 1. The predicted octanol–water partition coefficient (Wildman–Crippen LogP) is 3.11. The Bertz CT molecular complexity index is 383. The van der Waals surface area contributed by atoms with E-state index in [9.17, 15) is 4.79 Å². The van der Waals surface area contributed by atoms with Gasteiger partial charge in [0.15, 0.2) is 0 Å². The summed E-state index contributed by atoms with van der Waals surface area (Å²) in [5.74, 6) is -0.0489. The van der Waals surface area contributed by atoms with Gasteiger partial charge in [-0.15, -0.1) is 11.3 Å². The van der Waals surface area contributed by atoms with E-state index < -0.39 is 5.97 Å². The van der Waals surface area contributed by atoms with Gasteiger partial charge in [-0.1, -0.05) is 12.8 Å². The minimum atomic E-state index is -0.815. The van der Waals surface area contributed by atoms with Crippen molar-refractivity contribution in [3.63, 3.8) is 0 Å². The molecule has 1 aliphatic rings. The monoisotopic (exact) mass is 253 g/mol. The summed E-state index contributed by atoms with van der Waals surface area (Å²) < 4.78 is 0. The third-order valence-corrected chi connectivity index (χ3v) is 4.61. The normalized spacial score (nSPS) is 18.4. The topological polar surface area (TPSA) is 49.3 Å². The molecule has 17 heavy (non-hydrogen) atoms. The van der Waals surface area contributed by atoms with Gasteiger partial charge in [-0.2, -0.15) is 0 Å². The molecule has 1 unspecified atom stereocenters. The fourth-order valence-corrected chi connectivity index (χ4v) is 3.32. The molecule has 0 saturated heterocycles. The average molecular weight is 253 g/mol. The highest BCUT2D eigenvalue weighted by Gasteiger charge is 2.21. The van der Waals surface area contributed by atoms with Gasteiger partial charge >= 0.3 is 5.97 Å². The first-order valence-corrected chi connectivity index (χ1v) is 7.09. The number of aromatic carboxylic acids is 1. The Morgan fingerprint density at radius 2 is 2.29 bits per heavy atom. The fraction of sp³-hybridized carbons (Fsp3) is 0.615. The van der Waals surface area contributed by atoms with Crippen LogP contribution in [0.2, 0.25) is 0 Å². The van der Waals surface area contributed by atoms with E-state index in [4.69, 9.17) is 5.11 Å². The zero-order valence-electron chi connectivity index (χ0n) is 10.1. The van der Waals surface area contributed by atoms with Crippen molar-refractivity contribution in [3.05, 3.63) is 21.9 Å². The van der Waals surface area contributed by atoms with Crippen molar-refractivity contribution in [2.45, 2.75) is 45.2 Å². The second-order valence-corrected chi connectivity index (χ2v) is 5.71. The molecule has 0 aromatic carbocycles. The molecule has 0 bridgehead atoms. The molecule has 1 heterocycles. The van der Waals surface area contributed by atoms with Gasteiger partial charge in [0.05, 0.1) is 0 Å². The summed E-state index contributed by atoms with van der Waals surface area (Å²) in [6.07, 6.45) is 5.30. The lowest BCUT2D eigenvalue weighted by molar-refractivity contribution is 0.0701. The van der Waals surface area contributed by atoms with Gasteiger partial charge < -0.3 is 10.4 Å². The summed E-state index contributed by atoms with van der Waals surface area (Å²) >= 11 is 1.30. The van der Waals surface area contributed by atoms with Crippen LogP contribution in [0.1, 0.15) is 47.8 Å². The maximum absolute atomic E-state index is 11.0. The van der Waals surface area contributed by atoms with Crippen molar-refractivity contribution in [1.82, 2.24) is 5.32 Å². The molecule has 94 valence electrons. The Kier molecular flexibility index (Phi) is 4.18.